The van der Waals surface area contributed by atoms with Gasteiger partial charge in [-0.25, -0.2) is 19.2 Å². The number of nitrogens with one attached hydrogen (secondary N) is 2. The van der Waals surface area contributed by atoms with Crippen molar-refractivity contribution in [2.24, 2.45) is 5.73 Å². The zero-order valence-corrected chi connectivity index (χ0v) is 19.0. The van der Waals surface area contributed by atoms with Gasteiger partial charge in [-0.05, 0) is 36.4 Å². The van der Waals surface area contributed by atoms with E-state index in [9.17, 15) is 4.79 Å². The molecule has 0 saturated carbocycles. The lowest BCUT2D eigenvalue weighted by Gasteiger charge is -2.20. The number of nitrogens with two attached hydrogens (primary N) is 1. The van der Waals surface area contributed by atoms with Crippen LogP contribution in [-0.4, -0.2) is 43.9 Å². The number of aromatic amines is 1. The third kappa shape index (κ3) is 4.57. The maximum atomic E-state index is 15.2. The van der Waals surface area contributed by atoms with Crippen LogP contribution in [0, 0.1) is 5.82 Å². The molecule has 2 aromatic carbocycles. The summed E-state index contributed by atoms with van der Waals surface area (Å²) < 4.78 is 26.8. The predicted octanol–water partition coefficient (Wildman–Crippen LogP) is 2.34. The van der Waals surface area contributed by atoms with E-state index < -0.39 is 17.5 Å². The Morgan fingerprint density at radius 1 is 1.15 bits per heavy atom. The molecule has 2 heterocycles. The molecule has 1 unspecified atom stereocenters. The average molecular weight is 482 g/mol. The fourth-order valence-corrected chi connectivity index (χ4v) is 3.42. The van der Waals surface area contributed by atoms with E-state index >= 15 is 4.39 Å². The number of anilines is 1. The van der Waals surface area contributed by atoms with Crippen LogP contribution >= 0.6 is 12.2 Å². The Labute approximate surface area is 198 Å². The zero-order valence-electron chi connectivity index (χ0n) is 18.2. The third-order valence-corrected chi connectivity index (χ3v) is 5.18. The maximum absolute atomic E-state index is 15.2. The SMILES string of the molecule is COc1cc(F)c(C(Nc2ccc(C(N)=S)cc2)c2nn(-c3ncccn3)c(=O)[nH]2)cc1OC. The molecule has 1 atom stereocenters. The first kappa shape index (κ1) is 22.9. The van der Waals surface area contributed by atoms with Gasteiger partial charge in [0.25, 0.3) is 5.95 Å². The molecule has 0 aliphatic carbocycles. The molecule has 34 heavy (non-hydrogen) atoms. The molecule has 0 bridgehead atoms. The van der Waals surface area contributed by atoms with Gasteiger partial charge in [0.05, 0.1) is 14.2 Å². The molecular formula is C22H20FN7O3S. The molecule has 10 nitrogen and oxygen atoms in total. The van der Waals surface area contributed by atoms with Gasteiger partial charge in [0.15, 0.2) is 17.3 Å². The van der Waals surface area contributed by atoms with Gasteiger partial charge < -0.3 is 20.5 Å². The van der Waals surface area contributed by atoms with Gasteiger partial charge in [0.1, 0.15) is 16.8 Å². The summed E-state index contributed by atoms with van der Waals surface area (Å²) in [5, 5.41) is 7.51. The topological polar surface area (TPSA) is 133 Å². The first-order chi connectivity index (χ1) is 16.4. The first-order valence-corrected chi connectivity index (χ1v) is 10.4. The van der Waals surface area contributed by atoms with Crippen LogP contribution in [0.2, 0.25) is 0 Å². The summed E-state index contributed by atoms with van der Waals surface area (Å²) in [5.41, 5.74) is 6.52. The highest BCUT2D eigenvalue weighted by Gasteiger charge is 2.26. The molecule has 4 N–H and O–H groups in total. The second-order valence-corrected chi connectivity index (χ2v) is 7.46. The number of benzene rings is 2. The lowest BCUT2D eigenvalue weighted by Crippen LogP contribution is -2.18. The smallest absolute Gasteiger partial charge is 0.350 e. The third-order valence-electron chi connectivity index (χ3n) is 4.94. The number of hydrogen-bond acceptors (Lipinski definition) is 8. The Morgan fingerprint density at radius 2 is 1.79 bits per heavy atom. The van der Waals surface area contributed by atoms with E-state index in [0.29, 0.717) is 17.0 Å². The standard InChI is InChI=1S/C22H20FN7O3S/c1-32-16-10-14(15(23)11-17(16)33-2)18(27-13-6-4-12(5-7-13)19(24)34)20-28-22(31)30(29-20)21-25-8-3-9-26-21/h3-11,18,27H,1-2H3,(H2,24,34)(H,28,29,31). The Balaban J connectivity index is 1.82. The fourth-order valence-electron chi connectivity index (χ4n) is 3.29. The number of rotatable bonds is 8. The molecule has 0 fully saturated rings. The van der Waals surface area contributed by atoms with Gasteiger partial charge in [-0.2, -0.15) is 0 Å². The Bertz CT molecular complexity index is 1370. The molecule has 4 aromatic rings. The number of thiocarbonyl (C=S) groups is 1. The van der Waals surface area contributed by atoms with Gasteiger partial charge in [0.2, 0.25) is 0 Å². The Kier molecular flexibility index (Phi) is 6.50. The van der Waals surface area contributed by atoms with Crippen molar-refractivity contribution < 1.29 is 13.9 Å². The minimum Gasteiger partial charge on any atom is -0.493 e. The van der Waals surface area contributed by atoms with Gasteiger partial charge in [-0.3, -0.25) is 4.98 Å². The number of H-pyrrole nitrogens is 1. The van der Waals surface area contributed by atoms with Crippen molar-refractivity contribution in [3.05, 3.63) is 88.1 Å². The molecule has 0 radical (unpaired) electrons. The van der Waals surface area contributed by atoms with E-state index in [1.54, 1.807) is 30.3 Å². The van der Waals surface area contributed by atoms with Crippen molar-refractivity contribution in [1.82, 2.24) is 24.7 Å². The number of aromatic nitrogens is 5. The summed E-state index contributed by atoms with van der Waals surface area (Å²) in [6.45, 7) is 0. The molecule has 4 rings (SSSR count). The zero-order chi connectivity index (χ0) is 24.2. The van der Waals surface area contributed by atoms with Gasteiger partial charge in [-0.15, -0.1) is 9.78 Å². The van der Waals surface area contributed by atoms with Crippen molar-refractivity contribution in [2.75, 3.05) is 19.5 Å². The predicted molar refractivity (Wildman–Crippen MR) is 127 cm³/mol. The quantitative estimate of drug-likeness (QED) is 0.324. The molecule has 174 valence electrons. The van der Waals surface area contributed by atoms with E-state index in [2.05, 4.69) is 25.4 Å². The van der Waals surface area contributed by atoms with Crippen molar-refractivity contribution in [3.8, 4) is 17.4 Å². The van der Waals surface area contributed by atoms with Crippen LogP contribution < -0.4 is 26.2 Å². The highest BCUT2D eigenvalue weighted by Crippen LogP contribution is 2.35. The van der Waals surface area contributed by atoms with Crippen LogP contribution in [0.4, 0.5) is 10.1 Å². The molecular weight excluding hydrogens is 461 g/mol. The minimum absolute atomic E-state index is 0.0716. The normalized spacial score (nSPS) is 11.6. The monoisotopic (exact) mass is 481 g/mol. The highest BCUT2D eigenvalue weighted by molar-refractivity contribution is 7.80. The largest absolute Gasteiger partial charge is 0.493 e. The van der Waals surface area contributed by atoms with Crippen LogP contribution in [0.1, 0.15) is 23.0 Å². The summed E-state index contributed by atoms with van der Waals surface area (Å²) in [4.78, 5) is 23.6. The van der Waals surface area contributed by atoms with E-state index in [0.717, 1.165) is 4.68 Å². The molecule has 0 aliphatic rings. The van der Waals surface area contributed by atoms with E-state index in [4.69, 9.17) is 27.4 Å². The van der Waals surface area contributed by atoms with Gasteiger partial charge in [-0.1, -0.05) is 12.2 Å². The van der Waals surface area contributed by atoms with E-state index in [-0.39, 0.29) is 28.1 Å². The van der Waals surface area contributed by atoms with Crippen molar-refractivity contribution >= 4 is 22.9 Å². The van der Waals surface area contributed by atoms with Crippen LogP contribution in [0.5, 0.6) is 11.5 Å². The molecule has 12 heteroatoms. The van der Waals surface area contributed by atoms with Crippen molar-refractivity contribution in [3.63, 3.8) is 0 Å². The van der Waals surface area contributed by atoms with Crippen LogP contribution in [0.25, 0.3) is 5.95 Å². The van der Waals surface area contributed by atoms with Gasteiger partial charge >= 0.3 is 5.69 Å². The fraction of sp³-hybridized carbons (Fsp3) is 0.136. The second-order valence-electron chi connectivity index (χ2n) is 7.02. The number of methoxy groups -OCH3 is 2. The highest BCUT2D eigenvalue weighted by atomic mass is 32.1. The first-order valence-electron chi connectivity index (χ1n) is 9.95. The summed E-state index contributed by atoms with van der Waals surface area (Å²) in [6.07, 6.45) is 2.96. The van der Waals surface area contributed by atoms with Crippen molar-refractivity contribution in [1.29, 1.82) is 0 Å². The Hall–Kier alpha value is -4.32. The molecule has 0 saturated heterocycles. The molecule has 0 aliphatic heterocycles. The minimum atomic E-state index is -0.923. The molecule has 0 amide bonds. The molecule has 0 spiro atoms. The van der Waals surface area contributed by atoms with Crippen LogP contribution in [-0.2, 0) is 0 Å². The van der Waals surface area contributed by atoms with Crippen LogP contribution in [0.3, 0.4) is 0 Å². The number of hydrogen-bond donors (Lipinski definition) is 3. The summed E-state index contributed by atoms with van der Waals surface area (Å²) in [5.74, 6) is 0.133. The van der Waals surface area contributed by atoms with E-state index in [1.807, 2.05) is 0 Å². The van der Waals surface area contributed by atoms with Crippen LogP contribution in [0.15, 0.2) is 59.7 Å². The lowest BCUT2D eigenvalue weighted by atomic mass is 10.0. The van der Waals surface area contributed by atoms with Crippen molar-refractivity contribution in [2.45, 2.75) is 6.04 Å². The number of nitrogens with zero attached hydrogens (tertiary/aromatic N) is 4. The summed E-state index contributed by atoms with van der Waals surface area (Å²) >= 11 is 5.00. The second kappa shape index (κ2) is 9.67. The summed E-state index contributed by atoms with van der Waals surface area (Å²) in [7, 11) is 2.86. The van der Waals surface area contributed by atoms with E-state index in [1.165, 1.54) is 38.7 Å². The number of halogens is 1. The Morgan fingerprint density at radius 3 is 2.41 bits per heavy atom. The lowest BCUT2D eigenvalue weighted by molar-refractivity contribution is 0.351. The van der Waals surface area contributed by atoms with Gasteiger partial charge in [0, 0.05) is 35.3 Å². The molecule has 2 aromatic heterocycles. The summed E-state index contributed by atoms with van der Waals surface area (Å²) in [6, 6.07) is 10.3. The maximum Gasteiger partial charge on any atom is 0.350 e. The number of ether oxygens (including phenoxy) is 2. The average Bonchev–Trinajstić information content (AvgIpc) is 3.24.